The number of aromatic nitrogens is 3. The van der Waals surface area contributed by atoms with E-state index < -0.39 is 0 Å². The van der Waals surface area contributed by atoms with E-state index in [4.69, 9.17) is 14.1 Å². The van der Waals surface area contributed by atoms with Gasteiger partial charge in [-0.3, -0.25) is 4.57 Å². The fourth-order valence-corrected chi connectivity index (χ4v) is 6.98. The molecule has 0 unspecified atom stereocenters. The highest BCUT2D eigenvalue weighted by atomic mass is 16.5. The van der Waals surface area contributed by atoms with Crippen LogP contribution in [0, 0.1) is 0 Å². The van der Waals surface area contributed by atoms with E-state index in [1.807, 2.05) is 24.4 Å². The fraction of sp³-hybridized carbons (Fsp3) is 0.150. The smallest absolute Gasteiger partial charge is 0.227 e. The summed E-state index contributed by atoms with van der Waals surface area (Å²) >= 11 is 0. The Kier molecular flexibility index (Phi) is 5.90. The zero-order valence-corrected chi connectivity index (χ0v) is 26.7. The van der Waals surface area contributed by atoms with Gasteiger partial charge in [0.25, 0.3) is 0 Å². The summed E-state index contributed by atoms with van der Waals surface area (Å²) < 4.78 is 14.9. The Labute approximate surface area is 272 Å². The van der Waals surface area contributed by atoms with Crippen LogP contribution >= 0.6 is 0 Å². The number of fused-ring (bicyclic) bond motifs is 8. The zero-order valence-electron chi connectivity index (χ0n) is 26.7. The molecule has 230 valence electrons. The second-order valence-electron chi connectivity index (χ2n) is 13.3. The van der Waals surface area contributed by atoms with Gasteiger partial charge in [-0.25, -0.2) is 9.97 Å². The molecule has 7 nitrogen and oxygen atoms in total. The summed E-state index contributed by atoms with van der Waals surface area (Å²) in [5.74, 6) is 2.44. The van der Waals surface area contributed by atoms with Gasteiger partial charge in [0.05, 0.1) is 39.8 Å². The van der Waals surface area contributed by atoms with Crippen molar-refractivity contribution in [3.8, 4) is 17.3 Å². The molecule has 0 N–H and O–H groups in total. The van der Waals surface area contributed by atoms with Crippen LogP contribution in [0.25, 0.3) is 49.7 Å². The molecule has 0 aliphatic carbocycles. The molecule has 0 atom stereocenters. The van der Waals surface area contributed by atoms with E-state index in [1.54, 1.807) is 6.20 Å². The molecule has 0 radical (unpaired) electrons. The average Bonchev–Trinajstić information content (AvgIpc) is 3.73. The van der Waals surface area contributed by atoms with Gasteiger partial charge in [0.1, 0.15) is 22.9 Å². The lowest BCUT2D eigenvalue weighted by Gasteiger charge is -2.20. The summed E-state index contributed by atoms with van der Waals surface area (Å²) in [4.78, 5) is 13.8. The highest BCUT2D eigenvalue weighted by Crippen LogP contribution is 2.47. The minimum absolute atomic E-state index is 0.00984. The standard InChI is InChI=1S/C40H33N5O2/c1-40(2,3)25-18-20-41-36(21-25)45-32-13-6-5-11-29(32)30-15-14-28(23-34(30)45)46-27-10-7-9-26(22-27)44-24-43(4)38-33(44)16-17-35-37(38)31-12-8-19-42-39(31)47-35/h5-23H,24H2,1-4H3. The largest absolute Gasteiger partial charge is 0.457 e. The zero-order chi connectivity index (χ0) is 31.9. The lowest BCUT2D eigenvalue weighted by molar-refractivity contribution is 0.483. The van der Waals surface area contributed by atoms with Gasteiger partial charge in [0, 0.05) is 48.0 Å². The molecule has 1 aliphatic heterocycles. The summed E-state index contributed by atoms with van der Waals surface area (Å²) in [5, 5.41) is 4.47. The molecule has 0 bridgehead atoms. The lowest BCUT2D eigenvalue weighted by Crippen LogP contribution is -2.23. The van der Waals surface area contributed by atoms with Crippen molar-refractivity contribution in [1.29, 1.82) is 0 Å². The van der Waals surface area contributed by atoms with Crippen LogP contribution in [0.1, 0.15) is 26.3 Å². The molecule has 8 aromatic rings. The SMILES string of the molecule is CN1CN(c2cccc(Oc3ccc4c5ccccc5n(-c5cc(C(C)(C)C)ccn5)c4c3)c2)c2ccc3oc4ncccc4c3c21. The van der Waals surface area contributed by atoms with E-state index in [0.717, 1.165) is 67.2 Å². The van der Waals surface area contributed by atoms with Gasteiger partial charge in [0.2, 0.25) is 5.71 Å². The van der Waals surface area contributed by atoms with Crippen LogP contribution in [0.2, 0.25) is 0 Å². The van der Waals surface area contributed by atoms with E-state index in [0.29, 0.717) is 12.4 Å². The van der Waals surface area contributed by atoms with Crippen LogP contribution in [0.15, 0.2) is 120 Å². The number of benzene rings is 4. The Balaban J connectivity index is 1.11. The third-order valence-corrected chi connectivity index (χ3v) is 9.24. The summed E-state index contributed by atoms with van der Waals surface area (Å²) in [6, 6.07) is 35.7. The molecule has 7 heteroatoms. The minimum Gasteiger partial charge on any atom is -0.457 e. The highest BCUT2D eigenvalue weighted by molar-refractivity contribution is 6.15. The predicted molar refractivity (Wildman–Crippen MR) is 191 cm³/mol. The number of para-hydroxylation sites is 1. The van der Waals surface area contributed by atoms with Crippen molar-refractivity contribution in [2.45, 2.75) is 26.2 Å². The number of hydrogen-bond acceptors (Lipinski definition) is 6. The second kappa shape index (κ2) is 10.1. The summed E-state index contributed by atoms with van der Waals surface area (Å²) in [7, 11) is 2.12. The Bertz CT molecular complexity index is 2500. The van der Waals surface area contributed by atoms with Crippen LogP contribution in [-0.4, -0.2) is 28.3 Å². The summed E-state index contributed by atoms with van der Waals surface area (Å²) in [5.41, 5.74) is 8.25. The van der Waals surface area contributed by atoms with Crippen LogP contribution in [0.3, 0.4) is 0 Å². The van der Waals surface area contributed by atoms with Gasteiger partial charge in [-0.1, -0.05) is 45.0 Å². The number of furan rings is 1. The monoisotopic (exact) mass is 615 g/mol. The second-order valence-corrected chi connectivity index (χ2v) is 13.3. The van der Waals surface area contributed by atoms with E-state index in [9.17, 15) is 0 Å². The van der Waals surface area contributed by atoms with Gasteiger partial charge in [-0.15, -0.1) is 0 Å². The van der Waals surface area contributed by atoms with Gasteiger partial charge in [0.15, 0.2) is 0 Å². The van der Waals surface area contributed by atoms with Crippen molar-refractivity contribution >= 4 is 60.9 Å². The molecule has 9 rings (SSSR count). The molecule has 0 spiro atoms. The first-order valence-corrected chi connectivity index (χ1v) is 15.9. The molecule has 0 saturated heterocycles. The minimum atomic E-state index is 0.00984. The normalized spacial score (nSPS) is 13.4. The molecular weight excluding hydrogens is 582 g/mol. The van der Waals surface area contributed by atoms with Crippen molar-refractivity contribution in [1.82, 2.24) is 14.5 Å². The molecule has 47 heavy (non-hydrogen) atoms. The maximum atomic E-state index is 6.58. The van der Waals surface area contributed by atoms with Crippen molar-refractivity contribution in [2.75, 3.05) is 23.5 Å². The number of pyridine rings is 2. The van der Waals surface area contributed by atoms with Gasteiger partial charge >= 0.3 is 0 Å². The van der Waals surface area contributed by atoms with Crippen LogP contribution in [-0.2, 0) is 5.41 Å². The van der Waals surface area contributed by atoms with Crippen molar-refractivity contribution in [3.05, 3.63) is 121 Å². The highest BCUT2D eigenvalue weighted by Gasteiger charge is 2.29. The molecule has 4 aromatic heterocycles. The first-order valence-electron chi connectivity index (χ1n) is 15.9. The van der Waals surface area contributed by atoms with Gasteiger partial charge in [-0.2, -0.15) is 0 Å². The predicted octanol–water partition coefficient (Wildman–Crippen LogP) is 10.1. The average molecular weight is 616 g/mol. The van der Waals surface area contributed by atoms with Crippen LogP contribution < -0.4 is 14.5 Å². The number of rotatable bonds is 4. The molecule has 0 amide bonds. The van der Waals surface area contributed by atoms with Gasteiger partial charge < -0.3 is 19.0 Å². The first-order chi connectivity index (χ1) is 22.8. The van der Waals surface area contributed by atoms with E-state index in [2.05, 4.69) is 132 Å². The molecule has 1 aliphatic rings. The maximum Gasteiger partial charge on any atom is 0.227 e. The van der Waals surface area contributed by atoms with Crippen molar-refractivity contribution in [2.24, 2.45) is 0 Å². The van der Waals surface area contributed by atoms with Gasteiger partial charge in [-0.05, 0) is 77.7 Å². The Morgan fingerprint density at radius 2 is 1.55 bits per heavy atom. The Morgan fingerprint density at radius 1 is 0.723 bits per heavy atom. The maximum absolute atomic E-state index is 6.58. The number of ether oxygens (including phenoxy) is 1. The number of anilines is 3. The topological polar surface area (TPSA) is 59.6 Å². The molecule has 0 saturated carbocycles. The lowest BCUT2D eigenvalue weighted by atomic mass is 9.88. The first kappa shape index (κ1) is 27.5. The summed E-state index contributed by atoms with van der Waals surface area (Å²) in [6.07, 6.45) is 3.68. The van der Waals surface area contributed by atoms with E-state index in [1.165, 1.54) is 10.9 Å². The van der Waals surface area contributed by atoms with Crippen LogP contribution in [0.4, 0.5) is 17.1 Å². The molecule has 4 aromatic carbocycles. The molecular formula is C40H33N5O2. The Hall–Kier alpha value is -5.82. The van der Waals surface area contributed by atoms with E-state index in [-0.39, 0.29) is 5.41 Å². The third kappa shape index (κ3) is 4.34. The number of hydrogen-bond donors (Lipinski definition) is 0. The quantitative estimate of drug-likeness (QED) is 0.196. The van der Waals surface area contributed by atoms with Crippen LogP contribution in [0.5, 0.6) is 11.5 Å². The fourth-order valence-electron chi connectivity index (χ4n) is 6.98. The number of nitrogens with zero attached hydrogens (tertiary/aromatic N) is 5. The Morgan fingerprint density at radius 3 is 2.45 bits per heavy atom. The molecule has 0 fully saturated rings. The van der Waals surface area contributed by atoms with Crippen molar-refractivity contribution < 1.29 is 9.15 Å². The van der Waals surface area contributed by atoms with E-state index >= 15 is 0 Å². The molecule has 5 heterocycles. The van der Waals surface area contributed by atoms with Crippen molar-refractivity contribution in [3.63, 3.8) is 0 Å². The summed E-state index contributed by atoms with van der Waals surface area (Å²) in [6.45, 7) is 7.40. The third-order valence-electron chi connectivity index (χ3n) is 9.24.